The van der Waals surface area contributed by atoms with Crippen molar-refractivity contribution < 1.29 is 13.9 Å². The first-order valence-corrected chi connectivity index (χ1v) is 8.69. The first-order chi connectivity index (χ1) is 11.1. The van der Waals surface area contributed by atoms with Crippen LogP contribution in [0.15, 0.2) is 48.5 Å². The summed E-state index contributed by atoms with van der Waals surface area (Å²) in [6.45, 7) is 0.573. The largest absolute Gasteiger partial charge is 0.494 e. The number of thioether (sulfide) groups is 1. The summed E-state index contributed by atoms with van der Waals surface area (Å²) < 4.78 is 18.9. The molecule has 0 saturated heterocycles. The number of carbonyl (C=O) groups excluding carboxylic acids is 1. The molecule has 0 aromatic heterocycles. The highest BCUT2D eigenvalue weighted by Gasteiger charge is 2.06. The standard InChI is InChI=1S/C17H17ClFNO2S/c18-13-6-8-14(9-7-13)22-10-3-11-23-12-17(21)20-16-5-2-1-4-15(16)19/h1-2,4-9H,3,10-12H2,(H,20,21). The highest BCUT2D eigenvalue weighted by Crippen LogP contribution is 2.16. The van der Waals surface area contributed by atoms with Crippen LogP contribution in [0.1, 0.15) is 6.42 Å². The number of carbonyl (C=O) groups is 1. The Kier molecular flexibility index (Phi) is 7.23. The molecule has 2 aromatic carbocycles. The molecule has 0 fully saturated rings. The molecule has 0 aliphatic rings. The van der Waals surface area contributed by atoms with Gasteiger partial charge in [-0.25, -0.2) is 4.39 Å². The smallest absolute Gasteiger partial charge is 0.234 e. The second-order valence-electron chi connectivity index (χ2n) is 4.74. The number of benzene rings is 2. The number of amides is 1. The van der Waals surface area contributed by atoms with Crippen LogP contribution in [0.5, 0.6) is 5.75 Å². The third-order valence-electron chi connectivity index (χ3n) is 2.90. The van der Waals surface area contributed by atoms with E-state index in [1.807, 2.05) is 12.1 Å². The molecule has 3 nitrogen and oxygen atoms in total. The first-order valence-electron chi connectivity index (χ1n) is 7.15. The third-order valence-corrected chi connectivity index (χ3v) is 4.19. The van der Waals surface area contributed by atoms with Crippen LogP contribution in [0.4, 0.5) is 10.1 Å². The molecule has 1 N–H and O–H groups in total. The first kappa shape index (κ1) is 17.6. The van der Waals surface area contributed by atoms with Crippen LogP contribution in [-0.4, -0.2) is 24.0 Å². The van der Waals surface area contributed by atoms with Gasteiger partial charge in [0.25, 0.3) is 0 Å². The average molecular weight is 354 g/mol. The number of hydrogen-bond acceptors (Lipinski definition) is 3. The van der Waals surface area contributed by atoms with Gasteiger partial charge in [0.1, 0.15) is 11.6 Å². The van der Waals surface area contributed by atoms with Crippen molar-refractivity contribution in [2.45, 2.75) is 6.42 Å². The molecule has 0 radical (unpaired) electrons. The Balaban J connectivity index is 1.57. The lowest BCUT2D eigenvalue weighted by molar-refractivity contribution is -0.113. The van der Waals surface area contributed by atoms with Crippen molar-refractivity contribution in [3.05, 3.63) is 59.4 Å². The summed E-state index contributed by atoms with van der Waals surface area (Å²) in [6.07, 6.45) is 0.820. The molecule has 0 bridgehead atoms. The monoisotopic (exact) mass is 353 g/mol. The molecule has 0 atom stereocenters. The van der Waals surface area contributed by atoms with Gasteiger partial charge in [0.2, 0.25) is 5.91 Å². The number of rotatable bonds is 8. The Bertz CT molecular complexity index is 637. The molecular weight excluding hydrogens is 337 g/mol. The average Bonchev–Trinajstić information content (AvgIpc) is 2.54. The lowest BCUT2D eigenvalue weighted by Crippen LogP contribution is -2.15. The van der Waals surface area contributed by atoms with Crippen molar-refractivity contribution >= 4 is 35.0 Å². The SMILES string of the molecule is O=C(CSCCCOc1ccc(Cl)cc1)Nc1ccccc1F. The number of hydrogen-bond donors (Lipinski definition) is 1. The van der Waals surface area contributed by atoms with Gasteiger partial charge >= 0.3 is 0 Å². The van der Waals surface area contributed by atoms with Crippen molar-refractivity contribution in [1.82, 2.24) is 0 Å². The predicted octanol–water partition coefficient (Wildman–Crippen LogP) is 4.62. The molecule has 122 valence electrons. The van der Waals surface area contributed by atoms with Crippen LogP contribution < -0.4 is 10.1 Å². The summed E-state index contributed by atoms with van der Waals surface area (Å²) in [7, 11) is 0. The van der Waals surface area contributed by atoms with E-state index in [-0.39, 0.29) is 17.3 Å². The minimum Gasteiger partial charge on any atom is -0.494 e. The maximum atomic E-state index is 13.4. The molecular formula is C17H17ClFNO2S. The number of ether oxygens (including phenoxy) is 1. The molecule has 1 amide bonds. The number of anilines is 1. The van der Waals surface area contributed by atoms with Gasteiger partial charge in [-0.05, 0) is 48.6 Å². The lowest BCUT2D eigenvalue weighted by atomic mass is 10.3. The minimum absolute atomic E-state index is 0.210. The zero-order valence-electron chi connectivity index (χ0n) is 12.4. The Morgan fingerprint density at radius 1 is 1.17 bits per heavy atom. The predicted molar refractivity (Wildman–Crippen MR) is 93.9 cm³/mol. The van der Waals surface area contributed by atoms with Gasteiger partial charge in [0.05, 0.1) is 18.0 Å². The summed E-state index contributed by atoms with van der Waals surface area (Å²) in [4.78, 5) is 11.7. The highest BCUT2D eigenvalue weighted by molar-refractivity contribution is 7.99. The second kappa shape index (κ2) is 9.43. The molecule has 0 spiro atoms. The Hall–Kier alpha value is -1.72. The van der Waals surface area contributed by atoms with E-state index >= 15 is 0 Å². The van der Waals surface area contributed by atoms with Crippen LogP contribution in [0, 0.1) is 5.82 Å². The van der Waals surface area contributed by atoms with E-state index in [4.69, 9.17) is 16.3 Å². The number of para-hydroxylation sites is 1. The van der Waals surface area contributed by atoms with E-state index in [1.54, 1.807) is 24.3 Å². The van der Waals surface area contributed by atoms with E-state index in [9.17, 15) is 9.18 Å². The van der Waals surface area contributed by atoms with E-state index in [0.717, 1.165) is 17.9 Å². The van der Waals surface area contributed by atoms with Gasteiger partial charge in [0, 0.05) is 5.02 Å². The minimum atomic E-state index is -0.429. The van der Waals surface area contributed by atoms with Crippen LogP contribution in [0.2, 0.25) is 5.02 Å². The quantitative estimate of drug-likeness (QED) is 0.704. The molecule has 0 aliphatic carbocycles. The fourth-order valence-electron chi connectivity index (χ4n) is 1.80. The summed E-state index contributed by atoms with van der Waals surface area (Å²) in [6, 6.07) is 13.3. The molecule has 23 heavy (non-hydrogen) atoms. The summed E-state index contributed by atoms with van der Waals surface area (Å²) in [5.41, 5.74) is 0.212. The van der Waals surface area contributed by atoms with Gasteiger partial charge in [0.15, 0.2) is 0 Å². The molecule has 2 rings (SSSR count). The summed E-state index contributed by atoms with van der Waals surface area (Å²) >= 11 is 7.28. The van der Waals surface area contributed by atoms with E-state index < -0.39 is 5.82 Å². The van der Waals surface area contributed by atoms with Gasteiger partial charge in [-0.3, -0.25) is 4.79 Å². The topological polar surface area (TPSA) is 38.3 Å². The number of halogens is 2. The normalized spacial score (nSPS) is 10.3. The van der Waals surface area contributed by atoms with Gasteiger partial charge in [-0.1, -0.05) is 23.7 Å². The third kappa shape index (κ3) is 6.50. The molecule has 2 aromatic rings. The Labute approximate surface area is 144 Å². The van der Waals surface area contributed by atoms with Crippen molar-refractivity contribution in [2.75, 3.05) is 23.4 Å². The lowest BCUT2D eigenvalue weighted by Gasteiger charge is -2.07. The van der Waals surface area contributed by atoms with Crippen LogP contribution in [-0.2, 0) is 4.79 Å². The zero-order chi connectivity index (χ0) is 16.5. The maximum absolute atomic E-state index is 13.4. The molecule has 0 heterocycles. The van der Waals surface area contributed by atoms with Crippen LogP contribution in [0.25, 0.3) is 0 Å². The number of nitrogens with one attached hydrogen (secondary N) is 1. The van der Waals surface area contributed by atoms with Crippen LogP contribution >= 0.6 is 23.4 Å². The Morgan fingerprint density at radius 2 is 1.91 bits per heavy atom. The molecule has 0 unspecified atom stereocenters. The maximum Gasteiger partial charge on any atom is 0.234 e. The highest BCUT2D eigenvalue weighted by atomic mass is 35.5. The van der Waals surface area contributed by atoms with Gasteiger partial charge < -0.3 is 10.1 Å². The van der Waals surface area contributed by atoms with E-state index in [2.05, 4.69) is 5.32 Å². The summed E-state index contributed by atoms with van der Waals surface area (Å²) in [5.74, 6) is 1.21. The molecule has 6 heteroatoms. The van der Waals surface area contributed by atoms with Crippen molar-refractivity contribution in [3.8, 4) is 5.75 Å². The Morgan fingerprint density at radius 3 is 2.65 bits per heavy atom. The fourth-order valence-corrected chi connectivity index (χ4v) is 2.65. The fraction of sp³-hybridized carbons (Fsp3) is 0.235. The van der Waals surface area contributed by atoms with Gasteiger partial charge in [-0.2, -0.15) is 11.8 Å². The van der Waals surface area contributed by atoms with E-state index in [1.165, 1.54) is 23.9 Å². The second-order valence-corrected chi connectivity index (χ2v) is 6.28. The van der Waals surface area contributed by atoms with Crippen molar-refractivity contribution in [1.29, 1.82) is 0 Å². The van der Waals surface area contributed by atoms with Gasteiger partial charge in [-0.15, -0.1) is 0 Å². The van der Waals surface area contributed by atoms with Crippen LogP contribution in [0.3, 0.4) is 0 Å². The summed E-state index contributed by atoms with van der Waals surface area (Å²) in [5, 5.41) is 3.23. The molecule has 0 saturated carbocycles. The molecule has 0 aliphatic heterocycles. The van der Waals surface area contributed by atoms with Crippen molar-refractivity contribution in [2.24, 2.45) is 0 Å². The van der Waals surface area contributed by atoms with Crippen molar-refractivity contribution in [3.63, 3.8) is 0 Å². The van der Waals surface area contributed by atoms with E-state index in [0.29, 0.717) is 11.6 Å². The zero-order valence-corrected chi connectivity index (χ0v) is 14.0.